The van der Waals surface area contributed by atoms with Crippen LogP contribution < -0.4 is 5.32 Å². The number of aryl methyl sites for hydroxylation is 1. The first-order valence-electron chi connectivity index (χ1n) is 7.94. The quantitative estimate of drug-likeness (QED) is 0.938. The molecule has 0 unspecified atom stereocenters. The second-order valence-electron chi connectivity index (χ2n) is 6.32. The maximum absolute atomic E-state index is 4.92. The molecule has 1 aliphatic carbocycles. The minimum Gasteiger partial charge on any atom is -0.312 e. The maximum Gasteiger partial charge on any atom is 0.133 e. The van der Waals surface area contributed by atoms with Gasteiger partial charge in [0.25, 0.3) is 0 Å². The van der Waals surface area contributed by atoms with Gasteiger partial charge in [-0.25, -0.2) is 9.97 Å². The predicted molar refractivity (Wildman–Crippen MR) is 83.4 cm³/mol. The van der Waals surface area contributed by atoms with E-state index in [1.165, 1.54) is 40.9 Å². The second-order valence-corrected chi connectivity index (χ2v) is 6.32. The lowest BCUT2D eigenvalue weighted by Gasteiger charge is -2.20. The molecule has 1 N–H and O–H groups in total. The van der Waals surface area contributed by atoms with Gasteiger partial charge in [-0.3, -0.25) is 0 Å². The summed E-state index contributed by atoms with van der Waals surface area (Å²) in [6.07, 6.45) is 4.49. The summed E-state index contributed by atoms with van der Waals surface area (Å²) in [6, 6.07) is 8.67. The zero-order valence-electron chi connectivity index (χ0n) is 12.5. The van der Waals surface area contributed by atoms with Crippen LogP contribution in [0.2, 0.25) is 0 Å². The van der Waals surface area contributed by atoms with Crippen molar-refractivity contribution < 1.29 is 0 Å². The summed E-state index contributed by atoms with van der Waals surface area (Å²) < 4.78 is 0. The summed E-state index contributed by atoms with van der Waals surface area (Å²) >= 11 is 0. The number of aromatic nitrogens is 2. The van der Waals surface area contributed by atoms with Crippen LogP contribution in [0, 0.1) is 6.92 Å². The molecule has 4 rings (SSSR count). The Morgan fingerprint density at radius 2 is 2.14 bits per heavy atom. The Hall–Kier alpha value is -1.74. The summed E-state index contributed by atoms with van der Waals surface area (Å²) in [5.74, 6) is 1.70. The van der Waals surface area contributed by atoms with Crippen molar-refractivity contribution in [1.29, 1.82) is 0 Å². The summed E-state index contributed by atoms with van der Waals surface area (Å²) in [7, 11) is 0. The molecule has 1 aromatic carbocycles. The van der Waals surface area contributed by atoms with E-state index in [-0.39, 0.29) is 0 Å². The molecule has 0 bridgehead atoms. The monoisotopic (exact) mass is 279 g/mol. The molecule has 0 radical (unpaired) electrons. The van der Waals surface area contributed by atoms with Gasteiger partial charge in [-0.05, 0) is 25.3 Å². The molecule has 0 amide bonds. The van der Waals surface area contributed by atoms with Gasteiger partial charge in [0.1, 0.15) is 5.82 Å². The van der Waals surface area contributed by atoms with Crippen molar-refractivity contribution in [3.8, 4) is 0 Å². The van der Waals surface area contributed by atoms with E-state index in [2.05, 4.69) is 36.5 Å². The van der Waals surface area contributed by atoms with Crippen molar-refractivity contribution in [2.24, 2.45) is 0 Å². The highest BCUT2D eigenvalue weighted by Crippen LogP contribution is 2.41. The minimum atomic E-state index is 0.693. The third-order valence-corrected chi connectivity index (χ3v) is 4.42. The van der Waals surface area contributed by atoms with Gasteiger partial charge in [0.15, 0.2) is 0 Å². The number of hydrogen-bond acceptors (Lipinski definition) is 3. The van der Waals surface area contributed by atoms with Crippen molar-refractivity contribution in [2.45, 2.75) is 45.1 Å². The van der Waals surface area contributed by atoms with E-state index in [9.17, 15) is 0 Å². The molecule has 2 aliphatic rings. The number of benzene rings is 1. The van der Waals surface area contributed by atoms with Gasteiger partial charge >= 0.3 is 0 Å². The molecule has 1 fully saturated rings. The van der Waals surface area contributed by atoms with E-state index in [0.717, 1.165) is 31.8 Å². The van der Waals surface area contributed by atoms with Gasteiger partial charge in [0, 0.05) is 37.4 Å². The molecule has 2 aromatic rings. The zero-order valence-corrected chi connectivity index (χ0v) is 12.5. The lowest BCUT2D eigenvalue weighted by atomic mass is 10.0. The van der Waals surface area contributed by atoms with E-state index in [0.29, 0.717) is 5.92 Å². The minimum absolute atomic E-state index is 0.693. The Balaban J connectivity index is 1.70. The average molecular weight is 279 g/mol. The number of nitrogens with zero attached hydrogens (tertiary/aromatic N) is 2. The van der Waals surface area contributed by atoms with Crippen molar-refractivity contribution >= 4 is 0 Å². The van der Waals surface area contributed by atoms with Crippen molar-refractivity contribution in [3.63, 3.8) is 0 Å². The molecule has 2 heterocycles. The van der Waals surface area contributed by atoms with Crippen LogP contribution in [0.5, 0.6) is 0 Å². The van der Waals surface area contributed by atoms with Crippen LogP contribution in [-0.2, 0) is 19.4 Å². The number of rotatable bonds is 3. The van der Waals surface area contributed by atoms with Gasteiger partial charge in [-0.2, -0.15) is 0 Å². The molecular formula is C18H21N3. The van der Waals surface area contributed by atoms with Crippen molar-refractivity contribution in [1.82, 2.24) is 15.3 Å². The standard InChI is InChI=1S/C18H21N3/c1-12-3-2-4-13(9-12)10-17-20-16-7-8-19-11-15(16)18(21-17)14-5-6-14/h2-4,9,14,19H,5-8,10-11H2,1H3. The Morgan fingerprint density at radius 1 is 1.24 bits per heavy atom. The third-order valence-electron chi connectivity index (χ3n) is 4.42. The van der Waals surface area contributed by atoms with E-state index in [1.54, 1.807) is 0 Å². The molecule has 1 aromatic heterocycles. The summed E-state index contributed by atoms with van der Waals surface area (Å²) in [5.41, 5.74) is 6.61. The molecule has 3 heteroatoms. The number of hydrogen-bond donors (Lipinski definition) is 1. The summed E-state index contributed by atoms with van der Waals surface area (Å²) in [6.45, 7) is 4.13. The molecule has 0 saturated heterocycles. The van der Waals surface area contributed by atoms with E-state index in [1.807, 2.05) is 0 Å². The van der Waals surface area contributed by atoms with Crippen molar-refractivity contribution in [2.75, 3.05) is 6.54 Å². The SMILES string of the molecule is Cc1cccc(Cc2nc3c(c(C4CC4)n2)CNCC3)c1. The fraction of sp³-hybridized carbons (Fsp3) is 0.444. The molecular weight excluding hydrogens is 258 g/mol. The van der Waals surface area contributed by atoms with Crippen LogP contribution in [0.3, 0.4) is 0 Å². The molecule has 1 aliphatic heterocycles. The highest BCUT2D eigenvalue weighted by Gasteiger charge is 2.30. The lowest BCUT2D eigenvalue weighted by Crippen LogP contribution is -2.27. The van der Waals surface area contributed by atoms with Gasteiger partial charge in [0.2, 0.25) is 0 Å². The fourth-order valence-corrected chi connectivity index (χ4v) is 3.20. The molecule has 21 heavy (non-hydrogen) atoms. The summed E-state index contributed by atoms with van der Waals surface area (Å²) in [5, 5.41) is 3.46. The average Bonchev–Trinajstić information content (AvgIpc) is 3.31. The normalized spacial score (nSPS) is 17.6. The van der Waals surface area contributed by atoms with Gasteiger partial charge in [0.05, 0.1) is 11.4 Å². The summed E-state index contributed by atoms with van der Waals surface area (Å²) in [4.78, 5) is 9.78. The molecule has 3 nitrogen and oxygen atoms in total. The van der Waals surface area contributed by atoms with Gasteiger partial charge in [-0.1, -0.05) is 29.8 Å². The topological polar surface area (TPSA) is 37.8 Å². The highest BCUT2D eigenvalue weighted by atomic mass is 15.0. The maximum atomic E-state index is 4.92. The Kier molecular flexibility index (Phi) is 3.23. The van der Waals surface area contributed by atoms with Gasteiger partial charge in [-0.15, -0.1) is 0 Å². The van der Waals surface area contributed by atoms with Crippen LogP contribution in [-0.4, -0.2) is 16.5 Å². The van der Waals surface area contributed by atoms with Crippen LogP contribution in [0.25, 0.3) is 0 Å². The fourth-order valence-electron chi connectivity index (χ4n) is 3.20. The van der Waals surface area contributed by atoms with Crippen LogP contribution >= 0.6 is 0 Å². The zero-order chi connectivity index (χ0) is 14.2. The molecule has 0 atom stereocenters. The van der Waals surface area contributed by atoms with E-state index in [4.69, 9.17) is 9.97 Å². The van der Waals surface area contributed by atoms with E-state index >= 15 is 0 Å². The number of nitrogens with one attached hydrogen (secondary N) is 1. The highest BCUT2D eigenvalue weighted by molar-refractivity contribution is 5.34. The Bertz CT molecular complexity index is 674. The van der Waals surface area contributed by atoms with Crippen LogP contribution in [0.4, 0.5) is 0 Å². The predicted octanol–water partition coefficient (Wildman–Crippen LogP) is 2.90. The number of fused-ring (bicyclic) bond motifs is 1. The Morgan fingerprint density at radius 3 is 2.95 bits per heavy atom. The molecule has 0 spiro atoms. The van der Waals surface area contributed by atoms with E-state index < -0.39 is 0 Å². The molecule has 108 valence electrons. The largest absolute Gasteiger partial charge is 0.312 e. The first kappa shape index (κ1) is 13.0. The van der Waals surface area contributed by atoms with Gasteiger partial charge < -0.3 is 5.32 Å². The first-order valence-corrected chi connectivity index (χ1v) is 7.94. The second kappa shape index (κ2) is 5.23. The first-order chi connectivity index (χ1) is 10.3. The smallest absolute Gasteiger partial charge is 0.133 e. The Labute approximate surface area is 125 Å². The molecule has 1 saturated carbocycles. The van der Waals surface area contributed by atoms with Crippen LogP contribution in [0.15, 0.2) is 24.3 Å². The third kappa shape index (κ3) is 2.70. The van der Waals surface area contributed by atoms with Crippen molar-refractivity contribution in [3.05, 3.63) is 58.2 Å². The lowest BCUT2D eigenvalue weighted by molar-refractivity contribution is 0.610. The van der Waals surface area contributed by atoms with Crippen LogP contribution in [0.1, 0.15) is 52.7 Å².